The van der Waals surface area contributed by atoms with Gasteiger partial charge in [-0.3, -0.25) is 0 Å². The second-order valence-corrected chi connectivity index (χ2v) is 10.6. The summed E-state index contributed by atoms with van der Waals surface area (Å²) in [5.41, 5.74) is 7.90. The van der Waals surface area contributed by atoms with Crippen molar-refractivity contribution in [3.05, 3.63) is 94.1 Å². The molecule has 2 heterocycles. The summed E-state index contributed by atoms with van der Waals surface area (Å²) in [6, 6.07) is 17.3. The quantitative estimate of drug-likeness (QED) is 0.162. The lowest BCUT2D eigenvalue weighted by molar-refractivity contribution is -0.401. The molecule has 0 saturated heterocycles. The fraction of sp³-hybridized carbons (Fsp3) is 0.296. The molecule has 0 fully saturated rings. The van der Waals surface area contributed by atoms with E-state index in [1.54, 1.807) is 0 Å². The first-order chi connectivity index (χ1) is 16.2. The van der Waals surface area contributed by atoms with Crippen molar-refractivity contribution in [1.82, 2.24) is 0 Å². The van der Waals surface area contributed by atoms with Crippen LogP contribution < -0.4 is 4.90 Å². The summed E-state index contributed by atoms with van der Waals surface area (Å²) in [6.07, 6.45) is 8.78. The van der Waals surface area contributed by atoms with E-state index in [2.05, 4.69) is 140 Å². The van der Waals surface area contributed by atoms with Crippen molar-refractivity contribution >= 4 is 40.3 Å². The Morgan fingerprint density at radius 3 is 2.03 bits per heavy atom. The lowest BCUT2D eigenvalue weighted by atomic mass is 9.81. The molecule has 2 aliphatic heterocycles. The molecule has 2 nitrogen and oxygen atoms in total. The van der Waals surface area contributed by atoms with Crippen molar-refractivity contribution < 1.29 is 21.8 Å². The van der Waals surface area contributed by atoms with Gasteiger partial charge in [0.15, 0.2) is 5.71 Å². The standard InChI is InChI=1S/C27H30BrN2.BF4/c1-26(2)20-11-7-9-13-22(20)29(5)24(26)17-15-19(28)16-18-25-27(3,4)21-12-8-10-14-23(21)30(25)6;2-1(3,4)5/h7-18H,1-6H3;/q+1;-1. The molecule has 0 aliphatic carbocycles. The van der Waals surface area contributed by atoms with Gasteiger partial charge in [-0.1, -0.05) is 66.2 Å². The predicted molar refractivity (Wildman–Crippen MR) is 143 cm³/mol. The van der Waals surface area contributed by atoms with E-state index in [1.165, 1.54) is 33.9 Å². The molecule has 0 aromatic heterocycles. The first-order valence-electron chi connectivity index (χ1n) is 11.3. The molecule has 4 rings (SSSR count). The summed E-state index contributed by atoms with van der Waals surface area (Å²) in [7, 11) is -1.69. The van der Waals surface area contributed by atoms with E-state index < -0.39 is 7.25 Å². The molecular weight excluding hydrogens is 519 g/mol. The number of hydrogen-bond acceptors (Lipinski definition) is 1. The van der Waals surface area contributed by atoms with E-state index in [-0.39, 0.29) is 10.8 Å². The molecule has 2 aromatic rings. The molecule has 8 heteroatoms. The number of halogens is 5. The Hall–Kier alpha value is -2.61. The Bertz CT molecular complexity index is 1230. The Labute approximate surface area is 213 Å². The normalized spacial score (nSPS) is 19.7. The maximum atomic E-state index is 9.75. The van der Waals surface area contributed by atoms with Crippen molar-refractivity contribution in [3.8, 4) is 0 Å². The number of fused-ring (bicyclic) bond motifs is 2. The first kappa shape index (κ1) is 27.0. The maximum Gasteiger partial charge on any atom is 0.673 e. The van der Waals surface area contributed by atoms with Crippen LogP contribution in [0.25, 0.3) is 0 Å². The number of para-hydroxylation sites is 2. The first-order valence-corrected chi connectivity index (χ1v) is 12.1. The summed E-state index contributed by atoms with van der Waals surface area (Å²) in [5.74, 6) is 0. The number of benzene rings is 2. The molecule has 35 heavy (non-hydrogen) atoms. The molecule has 186 valence electrons. The molecule has 0 radical (unpaired) electrons. The van der Waals surface area contributed by atoms with Crippen LogP contribution in [0.4, 0.5) is 28.6 Å². The minimum atomic E-state index is -6.00. The molecule has 0 unspecified atom stereocenters. The second-order valence-electron chi connectivity index (χ2n) is 9.72. The summed E-state index contributed by atoms with van der Waals surface area (Å²) in [5, 5.41) is 0. The van der Waals surface area contributed by atoms with E-state index in [9.17, 15) is 17.3 Å². The van der Waals surface area contributed by atoms with E-state index in [0.717, 1.165) is 4.48 Å². The summed E-state index contributed by atoms with van der Waals surface area (Å²) < 4.78 is 42.4. The third-order valence-corrected chi connectivity index (χ3v) is 7.21. The molecular formula is C27H30BBrF4N2. The minimum Gasteiger partial charge on any atom is -0.418 e. The van der Waals surface area contributed by atoms with Crippen LogP contribution in [0.15, 0.2) is 83.0 Å². The maximum absolute atomic E-state index is 9.75. The highest BCUT2D eigenvalue weighted by Crippen LogP contribution is 2.46. The number of nitrogens with zero attached hydrogens (tertiary/aromatic N) is 2. The van der Waals surface area contributed by atoms with E-state index >= 15 is 0 Å². The predicted octanol–water partition coefficient (Wildman–Crippen LogP) is 8.14. The average molecular weight is 549 g/mol. The minimum absolute atomic E-state index is 0.0110. The van der Waals surface area contributed by atoms with Gasteiger partial charge in [0.25, 0.3) is 0 Å². The molecule has 2 aromatic carbocycles. The highest BCUT2D eigenvalue weighted by Gasteiger charge is 2.42. The fourth-order valence-corrected chi connectivity index (χ4v) is 5.24. The molecule has 0 bridgehead atoms. The van der Waals surface area contributed by atoms with Gasteiger partial charge < -0.3 is 22.2 Å². The smallest absolute Gasteiger partial charge is 0.418 e. The van der Waals surface area contributed by atoms with Gasteiger partial charge in [-0.25, -0.2) is 0 Å². The third kappa shape index (κ3) is 5.63. The van der Waals surface area contributed by atoms with Crippen molar-refractivity contribution in [2.75, 3.05) is 19.0 Å². The average Bonchev–Trinajstić information content (AvgIpc) is 3.08. The van der Waals surface area contributed by atoms with Crippen molar-refractivity contribution in [2.45, 2.75) is 38.5 Å². The van der Waals surface area contributed by atoms with Crippen LogP contribution in [0.2, 0.25) is 0 Å². The van der Waals surface area contributed by atoms with Crippen LogP contribution in [-0.4, -0.2) is 31.6 Å². The van der Waals surface area contributed by atoms with Gasteiger partial charge in [-0.15, -0.1) is 0 Å². The fourth-order valence-electron chi connectivity index (χ4n) is 4.98. The SMILES string of the molecule is CN1/C(=C/C=C(Br)/C=C/C2=[N+](C)c3ccccc3C2(C)C)C(C)(C)c2ccccc21.F[B-](F)(F)F. The zero-order chi connectivity index (χ0) is 26.2. The molecule has 0 N–H and O–H groups in total. The van der Waals surface area contributed by atoms with Crippen LogP contribution in [-0.2, 0) is 10.8 Å². The number of hydrogen-bond donors (Lipinski definition) is 0. The van der Waals surface area contributed by atoms with Crippen LogP contribution in [0.1, 0.15) is 38.8 Å². The molecule has 0 saturated carbocycles. The highest BCUT2D eigenvalue weighted by atomic mass is 79.9. The van der Waals surface area contributed by atoms with Gasteiger partial charge in [0.05, 0.1) is 5.41 Å². The number of likely N-dealkylation sites (N-methyl/N-ethyl adjacent to an activating group) is 1. The molecule has 0 atom stereocenters. The van der Waals surface area contributed by atoms with Crippen molar-refractivity contribution in [3.63, 3.8) is 0 Å². The molecule has 2 aliphatic rings. The third-order valence-electron chi connectivity index (χ3n) is 6.68. The van der Waals surface area contributed by atoms with E-state index in [1.807, 2.05) is 0 Å². The Morgan fingerprint density at radius 2 is 1.46 bits per heavy atom. The summed E-state index contributed by atoms with van der Waals surface area (Å²) in [4.78, 5) is 2.30. The monoisotopic (exact) mass is 548 g/mol. The van der Waals surface area contributed by atoms with Crippen molar-refractivity contribution in [2.24, 2.45) is 0 Å². The van der Waals surface area contributed by atoms with Gasteiger partial charge in [-0.05, 0) is 43.7 Å². The van der Waals surface area contributed by atoms with Crippen LogP contribution >= 0.6 is 15.9 Å². The van der Waals surface area contributed by atoms with Crippen LogP contribution in [0.3, 0.4) is 0 Å². The molecule has 0 spiro atoms. The van der Waals surface area contributed by atoms with Gasteiger partial charge in [0.2, 0.25) is 5.69 Å². The zero-order valence-electron chi connectivity index (χ0n) is 20.8. The van der Waals surface area contributed by atoms with E-state index in [0.29, 0.717) is 0 Å². The lowest BCUT2D eigenvalue weighted by Gasteiger charge is -2.23. The largest absolute Gasteiger partial charge is 0.673 e. The topological polar surface area (TPSA) is 6.25 Å². The van der Waals surface area contributed by atoms with Crippen LogP contribution in [0.5, 0.6) is 0 Å². The number of anilines is 1. The zero-order valence-corrected chi connectivity index (χ0v) is 22.4. The second kappa shape index (κ2) is 9.80. The van der Waals surface area contributed by atoms with Gasteiger partial charge in [0.1, 0.15) is 7.05 Å². The molecule has 0 amide bonds. The van der Waals surface area contributed by atoms with Gasteiger partial charge in [-0.2, -0.15) is 4.58 Å². The van der Waals surface area contributed by atoms with Gasteiger partial charge >= 0.3 is 7.25 Å². The Balaban J connectivity index is 0.000000623. The Morgan fingerprint density at radius 1 is 0.914 bits per heavy atom. The van der Waals surface area contributed by atoms with Crippen molar-refractivity contribution in [1.29, 1.82) is 0 Å². The summed E-state index contributed by atoms with van der Waals surface area (Å²) >= 11 is 3.76. The Kier molecular flexibility index (Phi) is 7.56. The van der Waals surface area contributed by atoms with Gasteiger partial charge in [0, 0.05) is 46.0 Å². The number of rotatable bonds is 3. The van der Waals surface area contributed by atoms with Crippen LogP contribution in [0, 0.1) is 0 Å². The summed E-state index contributed by atoms with van der Waals surface area (Å²) in [6.45, 7) is 9.17. The van der Waals surface area contributed by atoms with E-state index in [4.69, 9.17) is 0 Å². The number of allylic oxidation sites excluding steroid dienone is 6. The lowest BCUT2D eigenvalue weighted by Crippen LogP contribution is -2.26. The highest BCUT2D eigenvalue weighted by molar-refractivity contribution is 9.11.